The van der Waals surface area contributed by atoms with Crippen molar-refractivity contribution < 1.29 is 9.47 Å². The lowest BCUT2D eigenvalue weighted by Crippen LogP contribution is -2.36. The van der Waals surface area contributed by atoms with Crippen molar-refractivity contribution in [2.75, 3.05) is 20.3 Å². The number of pyridine rings is 1. The molecule has 4 rings (SSSR count). The number of aliphatic imine (C=N–C) groups is 1. The molecule has 0 spiro atoms. The highest BCUT2D eigenvalue weighted by molar-refractivity contribution is 5.79. The molecule has 1 unspecified atom stereocenters. The van der Waals surface area contributed by atoms with Crippen LogP contribution in [0.5, 0.6) is 5.75 Å². The molecule has 0 radical (unpaired) electrons. The zero-order valence-corrected chi connectivity index (χ0v) is 18.6. The number of imidazole rings is 1. The number of benzene rings is 1. The fourth-order valence-corrected chi connectivity index (χ4v) is 3.59. The molecule has 1 aliphatic heterocycles. The van der Waals surface area contributed by atoms with Crippen LogP contribution in [-0.4, -0.2) is 46.9 Å². The molecular formula is C24H30N6O2. The smallest absolute Gasteiger partial charge is 0.191 e. The molecule has 168 valence electrons. The normalized spacial score (nSPS) is 16.2. The summed E-state index contributed by atoms with van der Waals surface area (Å²) in [6.45, 7) is 4.73. The van der Waals surface area contributed by atoms with Gasteiger partial charge in [0.2, 0.25) is 0 Å². The van der Waals surface area contributed by atoms with Crippen molar-refractivity contribution >= 4 is 5.96 Å². The van der Waals surface area contributed by atoms with E-state index < -0.39 is 0 Å². The van der Waals surface area contributed by atoms with E-state index in [1.165, 1.54) is 5.56 Å². The Morgan fingerprint density at radius 2 is 2.12 bits per heavy atom. The Hall–Kier alpha value is -3.39. The van der Waals surface area contributed by atoms with Crippen molar-refractivity contribution in [3.05, 3.63) is 71.9 Å². The van der Waals surface area contributed by atoms with Crippen molar-refractivity contribution in [1.29, 1.82) is 0 Å². The maximum absolute atomic E-state index is 6.11. The molecule has 1 aliphatic rings. The van der Waals surface area contributed by atoms with Crippen LogP contribution in [0.15, 0.2) is 60.2 Å². The van der Waals surface area contributed by atoms with E-state index in [1.807, 2.05) is 22.9 Å². The molecule has 1 aromatic carbocycles. The molecule has 2 aromatic heterocycles. The molecule has 8 nitrogen and oxygen atoms in total. The second-order valence-corrected chi connectivity index (χ2v) is 7.83. The van der Waals surface area contributed by atoms with Gasteiger partial charge in [0.05, 0.1) is 6.10 Å². The lowest BCUT2D eigenvalue weighted by molar-refractivity contribution is 0.0676. The topological polar surface area (TPSA) is 85.6 Å². The van der Waals surface area contributed by atoms with Crippen LogP contribution in [-0.2, 0) is 17.8 Å². The second-order valence-electron chi connectivity index (χ2n) is 7.83. The molecule has 1 fully saturated rings. The summed E-state index contributed by atoms with van der Waals surface area (Å²) in [6, 6.07) is 10.3. The number of nitrogens with zero attached hydrogens (tertiary/aromatic N) is 4. The first kappa shape index (κ1) is 21.8. The Morgan fingerprint density at radius 1 is 1.22 bits per heavy atom. The van der Waals surface area contributed by atoms with Crippen LogP contribution in [0.1, 0.15) is 29.5 Å². The fraction of sp³-hybridized carbons (Fsp3) is 0.375. The maximum Gasteiger partial charge on any atom is 0.191 e. The second kappa shape index (κ2) is 10.8. The van der Waals surface area contributed by atoms with Gasteiger partial charge in [-0.25, -0.2) is 9.97 Å². The maximum atomic E-state index is 6.11. The van der Waals surface area contributed by atoms with Crippen LogP contribution in [0.3, 0.4) is 0 Å². The van der Waals surface area contributed by atoms with Gasteiger partial charge in [0.15, 0.2) is 5.96 Å². The summed E-state index contributed by atoms with van der Waals surface area (Å²) in [5, 5.41) is 6.74. The Bertz CT molecular complexity index is 1030. The van der Waals surface area contributed by atoms with Crippen LogP contribution < -0.4 is 15.4 Å². The Kier molecular flexibility index (Phi) is 7.34. The Balaban J connectivity index is 1.33. The van der Waals surface area contributed by atoms with Gasteiger partial charge in [-0.3, -0.25) is 9.56 Å². The highest BCUT2D eigenvalue weighted by Crippen LogP contribution is 2.22. The third-order valence-corrected chi connectivity index (χ3v) is 5.38. The van der Waals surface area contributed by atoms with Crippen LogP contribution >= 0.6 is 0 Å². The van der Waals surface area contributed by atoms with Crippen molar-refractivity contribution in [2.45, 2.75) is 39.0 Å². The summed E-state index contributed by atoms with van der Waals surface area (Å²) < 4.78 is 13.7. The molecule has 0 bridgehead atoms. The largest absolute Gasteiger partial charge is 0.491 e. The fourth-order valence-electron chi connectivity index (χ4n) is 3.59. The number of guanidine groups is 1. The van der Waals surface area contributed by atoms with E-state index in [0.29, 0.717) is 19.7 Å². The number of hydrogen-bond donors (Lipinski definition) is 2. The van der Waals surface area contributed by atoms with Crippen molar-refractivity contribution in [1.82, 2.24) is 25.2 Å². The lowest BCUT2D eigenvalue weighted by atomic mass is 10.1. The Labute approximate surface area is 188 Å². The molecule has 3 heterocycles. The van der Waals surface area contributed by atoms with Gasteiger partial charge in [0, 0.05) is 50.9 Å². The van der Waals surface area contributed by atoms with Crippen molar-refractivity contribution in [3.63, 3.8) is 0 Å². The van der Waals surface area contributed by atoms with E-state index >= 15 is 0 Å². The van der Waals surface area contributed by atoms with E-state index in [2.05, 4.69) is 50.7 Å². The summed E-state index contributed by atoms with van der Waals surface area (Å²) in [6.07, 6.45) is 9.51. The first-order valence-electron chi connectivity index (χ1n) is 10.9. The van der Waals surface area contributed by atoms with E-state index in [0.717, 1.165) is 48.1 Å². The van der Waals surface area contributed by atoms with Gasteiger partial charge < -0.3 is 20.1 Å². The third kappa shape index (κ3) is 5.85. The molecule has 1 atom stereocenters. The minimum absolute atomic E-state index is 0.193. The molecule has 2 N–H and O–H groups in total. The summed E-state index contributed by atoms with van der Waals surface area (Å²) in [5.41, 5.74) is 3.36. The quantitative estimate of drug-likeness (QED) is 0.419. The van der Waals surface area contributed by atoms with E-state index in [-0.39, 0.29) is 6.10 Å². The first-order chi connectivity index (χ1) is 15.7. The zero-order valence-electron chi connectivity index (χ0n) is 18.6. The van der Waals surface area contributed by atoms with Crippen LogP contribution in [0.25, 0.3) is 5.82 Å². The highest BCUT2D eigenvalue weighted by atomic mass is 16.5. The number of hydrogen-bond acceptors (Lipinski definition) is 5. The monoisotopic (exact) mass is 434 g/mol. The van der Waals surface area contributed by atoms with Gasteiger partial charge in [0.25, 0.3) is 0 Å². The number of nitrogens with one attached hydrogen (secondary N) is 2. The summed E-state index contributed by atoms with van der Waals surface area (Å²) in [4.78, 5) is 12.8. The van der Waals surface area contributed by atoms with Gasteiger partial charge in [-0.2, -0.15) is 0 Å². The summed E-state index contributed by atoms with van der Waals surface area (Å²) in [7, 11) is 1.77. The van der Waals surface area contributed by atoms with Crippen LogP contribution in [0.2, 0.25) is 0 Å². The zero-order chi connectivity index (χ0) is 22.2. The number of rotatable bonds is 8. The third-order valence-electron chi connectivity index (χ3n) is 5.38. The predicted molar refractivity (Wildman–Crippen MR) is 124 cm³/mol. The average Bonchev–Trinajstić information content (AvgIpc) is 3.53. The minimum atomic E-state index is 0.193. The van der Waals surface area contributed by atoms with Crippen molar-refractivity contribution in [2.24, 2.45) is 4.99 Å². The average molecular weight is 435 g/mol. The lowest BCUT2D eigenvalue weighted by Gasteiger charge is -2.17. The number of ether oxygens (including phenoxy) is 2. The number of aromatic nitrogens is 3. The molecule has 8 heteroatoms. The first-order valence-corrected chi connectivity index (χ1v) is 10.9. The van der Waals surface area contributed by atoms with Gasteiger partial charge in [-0.05, 0) is 49.1 Å². The molecule has 3 aromatic rings. The molecule has 0 saturated carbocycles. The van der Waals surface area contributed by atoms with Gasteiger partial charge in [0.1, 0.15) is 24.5 Å². The molecule has 0 aliphatic carbocycles. The standard InChI is InChI=1S/C24H30N6O2/c1-18-5-6-20(22(12-18)32-16-21-4-3-11-31-21)15-29-24(25-2)28-14-19-7-8-27-23(13-19)30-10-9-26-17-30/h5-10,12-13,17,21H,3-4,11,14-16H2,1-2H3,(H2,25,28,29). The van der Waals surface area contributed by atoms with Gasteiger partial charge >= 0.3 is 0 Å². The number of aryl methyl sites for hydroxylation is 1. The summed E-state index contributed by atoms with van der Waals surface area (Å²) >= 11 is 0. The molecule has 32 heavy (non-hydrogen) atoms. The van der Waals surface area contributed by atoms with E-state index in [9.17, 15) is 0 Å². The van der Waals surface area contributed by atoms with Gasteiger partial charge in [-0.1, -0.05) is 12.1 Å². The van der Waals surface area contributed by atoms with Gasteiger partial charge in [-0.15, -0.1) is 0 Å². The molecule has 0 amide bonds. The predicted octanol–water partition coefficient (Wildman–Crippen LogP) is 3.00. The van der Waals surface area contributed by atoms with E-state index in [1.54, 1.807) is 25.8 Å². The van der Waals surface area contributed by atoms with E-state index in [4.69, 9.17) is 9.47 Å². The SMILES string of the molecule is CN=C(NCc1ccnc(-n2ccnc2)c1)NCc1ccc(C)cc1OCC1CCCO1. The highest BCUT2D eigenvalue weighted by Gasteiger charge is 2.17. The van der Waals surface area contributed by atoms with Crippen LogP contribution in [0.4, 0.5) is 0 Å². The Morgan fingerprint density at radius 3 is 2.91 bits per heavy atom. The summed E-state index contributed by atoms with van der Waals surface area (Å²) in [5.74, 6) is 2.44. The van der Waals surface area contributed by atoms with Crippen LogP contribution in [0, 0.1) is 6.92 Å². The molecule has 1 saturated heterocycles. The van der Waals surface area contributed by atoms with Crippen molar-refractivity contribution in [3.8, 4) is 11.6 Å². The minimum Gasteiger partial charge on any atom is -0.491 e. The molecular weight excluding hydrogens is 404 g/mol.